The molecule has 1 aliphatic heterocycles. The number of hydrogen-bond donors (Lipinski definition) is 4. The molecule has 1 fully saturated rings. The van der Waals surface area contributed by atoms with Gasteiger partial charge in [0.25, 0.3) is 0 Å². The van der Waals surface area contributed by atoms with E-state index in [2.05, 4.69) is 12.2 Å². The Labute approximate surface area is 138 Å². The summed E-state index contributed by atoms with van der Waals surface area (Å²) in [5.74, 6) is -0.397. The van der Waals surface area contributed by atoms with Crippen molar-refractivity contribution >= 4 is 5.97 Å². The molecule has 0 spiro atoms. The number of carbonyl (C=O) groups excluding carboxylic acids is 1. The van der Waals surface area contributed by atoms with E-state index in [4.69, 9.17) is 9.47 Å². The van der Waals surface area contributed by atoms with E-state index >= 15 is 0 Å². The molecular weight excluding hydrogens is 302 g/mol. The molecule has 0 aromatic carbocycles. The summed E-state index contributed by atoms with van der Waals surface area (Å²) in [5.41, 5.74) is 0. The number of rotatable bonds is 10. The lowest BCUT2D eigenvalue weighted by Crippen LogP contribution is -2.63. The van der Waals surface area contributed by atoms with Gasteiger partial charge in [-0.15, -0.1) is 0 Å². The van der Waals surface area contributed by atoms with Crippen molar-refractivity contribution in [3.8, 4) is 0 Å². The van der Waals surface area contributed by atoms with Gasteiger partial charge in [0.05, 0.1) is 12.6 Å². The van der Waals surface area contributed by atoms with E-state index in [0.717, 1.165) is 19.3 Å². The molecule has 5 atom stereocenters. The number of ether oxygens (including phenoxy) is 2. The number of esters is 1. The fourth-order valence-electron chi connectivity index (χ4n) is 2.73. The highest BCUT2D eigenvalue weighted by molar-refractivity contribution is 5.69. The molecule has 0 radical (unpaired) electrons. The maximum Gasteiger partial charge on any atom is 0.308 e. The quantitative estimate of drug-likeness (QED) is 0.336. The Balaban J connectivity index is 2.39. The van der Waals surface area contributed by atoms with Crippen LogP contribution in [0.4, 0.5) is 0 Å². The Morgan fingerprint density at radius 3 is 2.39 bits per heavy atom. The van der Waals surface area contributed by atoms with Crippen molar-refractivity contribution in [3.05, 3.63) is 0 Å². The highest BCUT2D eigenvalue weighted by atomic mass is 16.7. The minimum absolute atomic E-state index is 0.296. The first-order chi connectivity index (χ1) is 11.0. The molecule has 23 heavy (non-hydrogen) atoms. The zero-order chi connectivity index (χ0) is 17.2. The van der Waals surface area contributed by atoms with E-state index in [1.165, 1.54) is 19.3 Å². The number of aliphatic hydroxyl groups excluding tert-OH is 3. The molecule has 0 aromatic heterocycles. The van der Waals surface area contributed by atoms with Gasteiger partial charge in [-0.2, -0.15) is 0 Å². The van der Waals surface area contributed by atoms with Crippen molar-refractivity contribution in [3.63, 3.8) is 0 Å². The first-order valence-corrected chi connectivity index (χ1v) is 8.54. The summed E-state index contributed by atoms with van der Waals surface area (Å²) in [6, 6.07) is -0.735. The Morgan fingerprint density at radius 2 is 1.78 bits per heavy atom. The lowest BCUT2D eigenvalue weighted by Gasteiger charge is -2.41. The highest BCUT2D eigenvalue weighted by Crippen LogP contribution is 2.22. The molecule has 7 nitrogen and oxygen atoms in total. The molecule has 1 unspecified atom stereocenters. The van der Waals surface area contributed by atoms with E-state index in [0.29, 0.717) is 6.42 Å². The summed E-state index contributed by atoms with van der Waals surface area (Å²) in [4.78, 5) is 11.9. The average molecular weight is 333 g/mol. The molecule has 4 N–H and O–H groups in total. The van der Waals surface area contributed by atoms with Gasteiger partial charge in [0.2, 0.25) is 6.29 Å². The standard InChI is InChI=1S/C16H31NO6/c1-3-4-5-6-7-8-9-12(19)23-16-13(17-2)15(21)14(20)11(10-18)22-16/h11,13-18,20-21H,3-10H2,1-2H3/t11-,13-,14-,15-,16?/m1/s1. The molecule has 0 aromatic rings. The topological polar surface area (TPSA) is 108 Å². The predicted octanol–water partition coefficient (Wildman–Crippen LogP) is 0.307. The molecule has 0 saturated carbocycles. The summed E-state index contributed by atoms with van der Waals surface area (Å²) in [5, 5.41) is 31.8. The molecule has 136 valence electrons. The number of likely N-dealkylation sites (N-methyl/N-ethyl adjacent to an activating group) is 1. The number of unbranched alkanes of at least 4 members (excludes halogenated alkanes) is 5. The maximum absolute atomic E-state index is 11.9. The predicted molar refractivity (Wildman–Crippen MR) is 84.7 cm³/mol. The fourth-order valence-corrected chi connectivity index (χ4v) is 2.73. The largest absolute Gasteiger partial charge is 0.434 e. The molecule has 1 saturated heterocycles. The minimum atomic E-state index is -1.23. The summed E-state index contributed by atoms with van der Waals surface area (Å²) in [6.07, 6.45) is 2.32. The number of carbonyl (C=O) groups is 1. The first kappa shape index (κ1) is 20.3. The third-order valence-electron chi connectivity index (χ3n) is 4.20. The van der Waals surface area contributed by atoms with Crippen LogP contribution in [0.2, 0.25) is 0 Å². The van der Waals surface area contributed by atoms with Crippen molar-refractivity contribution in [2.24, 2.45) is 0 Å². The number of nitrogens with one attached hydrogen (secondary N) is 1. The Hall–Kier alpha value is -0.730. The van der Waals surface area contributed by atoms with Crippen LogP contribution in [-0.4, -0.2) is 65.6 Å². The van der Waals surface area contributed by atoms with Crippen LogP contribution < -0.4 is 5.32 Å². The van der Waals surface area contributed by atoms with E-state index in [1.807, 2.05) is 0 Å². The van der Waals surface area contributed by atoms with Crippen LogP contribution in [-0.2, 0) is 14.3 Å². The summed E-state index contributed by atoms with van der Waals surface area (Å²) in [6.45, 7) is 1.70. The van der Waals surface area contributed by atoms with Gasteiger partial charge in [0, 0.05) is 6.42 Å². The Morgan fingerprint density at radius 1 is 1.13 bits per heavy atom. The van der Waals surface area contributed by atoms with E-state index < -0.39 is 43.2 Å². The summed E-state index contributed by atoms with van der Waals surface area (Å²) >= 11 is 0. The van der Waals surface area contributed by atoms with Crippen LogP contribution >= 0.6 is 0 Å². The molecule has 1 heterocycles. The van der Waals surface area contributed by atoms with Crippen LogP contribution in [0.5, 0.6) is 0 Å². The molecule has 0 bridgehead atoms. The second-order valence-electron chi connectivity index (χ2n) is 6.03. The lowest BCUT2D eigenvalue weighted by molar-refractivity contribution is -0.263. The third-order valence-corrected chi connectivity index (χ3v) is 4.20. The minimum Gasteiger partial charge on any atom is -0.434 e. The number of aliphatic hydroxyl groups is 3. The smallest absolute Gasteiger partial charge is 0.308 e. The Bertz CT molecular complexity index is 341. The van der Waals surface area contributed by atoms with Gasteiger partial charge < -0.3 is 30.1 Å². The van der Waals surface area contributed by atoms with Gasteiger partial charge in [-0.05, 0) is 13.5 Å². The highest BCUT2D eigenvalue weighted by Gasteiger charge is 2.45. The molecule has 1 aliphatic rings. The Kier molecular flexibility index (Phi) is 9.66. The van der Waals surface area contributed by atoms with Crippen LogP contribution in [0.1, 0.15) is 51.9 Å². The van der Waals surface area contributed by atoms with Crippen molar-refractivity contribution < 1.29 is 29.6 Å². The lowest BCUT2D eigenvalue weighted by atomic mass is 9.97. The average Bonchev–Trinajstić information content (AvgIpc) is 2.54. The monoisotopic (exact) mass is 333 g/mol. The van der Waals surface area contributed by atoms with E-state index in [-0.39, 0.29) is 0 Å². The van der Waals surface area contributed by atoms with Crippen LogP contribution in [0.15, 0.2) is 0 Å². The van der Waals surface area contributed by atoms with Crippen molar-refractivity contribution in [1.29, 1.82) is 0 Å². The van der Waals surface area contributed by atoms with Gasteiger partial charge in [-0.3, -0.25) is 4.79 Å². The second-order valence-corrected chi connectivity index (χ2v) is 6.03. The molecular formula is C16H31NO6. The van der Waals surface area contributed by atoms with Crippen LogP contribution in [0.3, 0.4) is 0 Å². The third kappa shape index (κ3) is 6.35. The van der Waals surface area contributed by atoms with Gasteiger partial charge >= 0.3 is 5.97 Å². The van der Waals surface area contributed by atoms with Gasteiger partial charge in [-0.25, -0.2) is 0 Å². The first-order valence-electron chi connectivity index (χ1n) is 8.54. The van der Waals surface area contributed by atoms with Gasteiger partial charge in [0.1, 0.15) is 18.3 Å². The summed E-state index contributed by atoms with van der Waals surface area (Å²) < 4.78 is 10.7. The van der Waals surface area contributed by atoms with Crippen LogP contribution in [0, 0.1) is 0 Å². The van der Waals surface area contributed by atoms with Crippen molar-refractivity contribution in [1.82, 2.24) is 5.32 Å². The second kappa shape index (κ2) is 10.9. The van der Waals surface area contributed by atoms with Crippen molar-refractivity contribution in [2.45, 2.75) is 82.5 Å². The number of hydrogen-bond acceptors (Lipinski definition) is 7. The molecule has 7 heteroatoms. The molecule has 0 aliphatic carbocycles. The molecule has 0 amide bonds. The van der Waals surface area contributed by atoms with Crippen LogP contribution in [0.25, 0.3) is 0 Å². The fraction of sp³-hybridized carbons (Fsp3) is 0.938. The SMILES string of the molecule is CCCCCCCCC(=O)OC1O[C@H](CO)[C@@H](O)[C@H](O)[C@H]1NC. The molecule has 1 rings (SSSR count). The maximum atomic E-state index is 11.9. The zero-order valence-electron chi connectivity index (χ0n) is 14.1. The van der Waals surface area contributed by atoms with E-state index in [1.54, 1.807) is 7.05 Å². The van der Waals surface area contributed by atoms with Crippen molar-refractivity contribution in [2.75, 3.05) is 13.7 Å². The zero-order valence-corrected chi connectivity index (χ0v) is 14.1. The van der Waals surface area contributed by atoms with Gasteiger partial charge in [-0.1, -0.05) is 39.0 Å². The summed E-state index contributed by atoms with van der Waals surface area (Å²) in [7, 11) is 1.58. The normalized spacial score (nSPS) is 31.1. The van der Waals surface area contributed by atoms with E-state index in [9.17, 15) is 20.1 Å². The van der Waals surface area contributed by atoms with Gasteiger partial charge in [0.15, 0.2) is 0 Å².